The predicted molar refractivity (Wildman–Crippen MR) is 110 cm³/mol. The number of benzene rings is 2. The number of urea groups is 1. The smallest absolute Gasteiger partial charge is 0.322 e. The molecule has 1 aliphatic rings. The molecule has 0 unspecified atom stereocenters. The molecular weight excluding hydrogens is 348 g/mol. The van der Waals surface area contributed by atoms with Crippen molar-refractivity contribution in [2.45, 2.75) is 12.5 Å². The molecule has 5 rings (SSSR count). The van der Waals surface area contributed by atoms with E-state index in [0.717, 1.165) is 28.9 Å². The van der Waals surface area contributed by atoms with Crippen molar-refractivity contribution >= 4 is 22.6 Å². The summed E-state index contributed by atoms with van der Waals surface area (Å²) in [5.41, 5.74) is 5.25. The SMILES string of the molecule is O=C(Nc1ccccc1)N1CCc2c([nH]c3ccccc23)[C@@H]1c1cccnc1. The van der Waals surface area contributed by atoms with Crippen LogP contribution in [0.2, 0.25) is 0 Å². The van der Waals surface area contributed by atoms with E-state index in [9.17, 15) is 4.79 Å². The molecule has 1 atom stereocenters. The van der Waals surface area contributed by atoms with Crippen LogP contribution in [0.15, 0.2) is 79.1 Å². The van der Waals surface area contributed by atoms with Crippen molar-refractivity contribution in [3.63, 3.8) is 0 Å². The third-order valence-electron chi connectivity index (χ3n) is 5.32. The van der Waals surface area contributed by atoms with Gasteiger partial charge in [-0.25, -0.2) is 4.79 Å². The molecule has 0 radical (unpaired) electrons. The van der Waals surface area contributed by atoms with Gasteiger partial charge in [0.05, 0.1) is 0 Å². The Labute approximate surface area is 163 Å². The van der Waals surface area contributed by atoms with Crippen molar-refractivity contribution in [2.75, 3.05) is 11.9 Å². The van der Waals surface area contributed by atoms with E-state index in [0.29, 0.717) is 6.54 Å². The van der Waals surface area contributed by atoms with E-state index in [2.05, 4.69) is 33.5 Å². The first kappa shape index (κ1) is 16.6. The summed E-state index contributed by atoms with van der Waals surface area (Å²) in [6.45, 7) is 0.646. The molecule has 5 nitrogen and oxygen atoms in total. The van der Waals surface area contributed by atoms with E-state index in [1.807, 2.05) is 59.6 Å². The number of para-hydroxylation sites is 2. The molecule has 0 fully saturated rings. The van der Waals surface area contributed by atoms with Gasteiger partial charge in [-0.3, -0.25) is 4.98 Å². The molecule has 2 aromatic heterocycles. The average Bonchev–Trinajstić information content (AvgIpc) is 3.13. The summed E-state index contributed by atoms with van der Waals surface area (Å²) in [5.74, 6) is 0. The normalized spacial score (nSPS) is 16.0. The van der Waals surface area contributed by atoms with Crippen molar-refractivity contribution in [3.05, 3.63) is 95.9 Å². The maximum atomic E-state index is 13.2. The Kier molecular flexibility index (Phi) is 4.05. The molecule has 2 N–H and O–H groups in total. The van der Waals surface area contributed by atoms with E-state index < -0.39 is 0 Å². The highest BCUT2D eigenvalue weighted by molar-refractivity contribution is 5.91. The van der Waals surface area contributed by atoms with Gasteiger partial charge in [0, 0.05) is 41.2 Å². The molecule has 0 aliphatic carbocycles. The number of H-pyrrole nitrogens is 1. The average molecular weight is 368 g/mol. The van der Waals surface area contributed by atoms with Gasteiger partial charge in [-0.1, -0.05) is 42.5 Å². The fourth-order valence-electron chi connectivity index (χ4n) is 4.06. The number of pyridine rings is 1. The molecular formula is C23H20N4O. The zero-order chi connectivity index (χ0) is 18.9. The number of aromatic nitrogens is 2. The number of hydrogen-bond donors (Lipinski definition) is 2. The minimum absolute atomic E-state index is 0.107. The number of rotatable bonds is 2. The highest BCUT2D eigenvalue weighted by Gasteiger charge is 2.34. The maximum absolute atomic E-state index is 13.2. The van der Waals surface area contributed by atoms with Gasteiger partial charge in [0.2, 0.25) is 0 Å². The Morgan fingerprint density at radius 1 is 1.04 bits per heavy atom. The van der Waals surface area contributed by atoms with E-state index >= 15 is 0 Å². The van der Waals surface area contributed by atoms with Crippen LogP contribution in [0, 0.1) is 0 Å². The maximum Gasteiger partial charge on any atom is 0.322 e. The summed E-state index contributed by atoms with van der Waals surface area (Å²) < 4.78 is 0. The lowest BCUT2D eigenvalue weighted by Gasteiger charge is -2.36. The zero-order valence-electron chi connectivity index (χ0n) is 15.3. The van der Waals surface area contributed by atoms with Gasteiger partial charge in [-0.05, 0) is 41.8 Å². The number of anilines is 1. The molecule has 0 saturated heterocycles. The lowest BCUT2D eigenvalue weighted by molar-refractivity contribution is 0.193. The second kappa shape index (κ2) is 6.85. The summed E-state index contributed by atoms with van der Waals surface area (Å²) >= 11 is 0. The summed E-state index contributed by atoms with van der Waals surface area (Å²) in [6.07, 6.45) is 4.42. The number of nitrogens with one attached hydrogen (secondary N) is 2. The van der Waals surface area contributed by atoms with Crippen LogP contribution in [0.4, 0.5) is 10.5 Å². The number of carbonyl (C=O) groups is 1. The molecule has 3 heterocycles. The first-order chi connectivity index (χ1) is 13.8. The summed E-state index contributed by atoms with van der Waals surface area (Å²) in [4.78, 5) is 22.9. The molecule has 0 spiro atoms. The van der Waals surface area contributed by atoms with E-state index in [1.54, 1.807) is 6.20 Å². The zero-order valence-corrected chi connectivity index (χ0v) is 15.3. The van der Waals surface area contributed by atoms with Crippen LogP contribution in [0.5, 0.6) is 0 Å². The summed E-state index contributed by atoms with van der Waals surface area (Å²) in [6, 6.07) is 21.5. The largest absolute Gasteiger partial charge is 0.356 e. The molecule has 1 aliphatic heterocycles. The van der Waals surface area contributed by atoms with Crippen molar-refractivity contribution in [1.29, 1.82) is 0 Å². The summed E-state index contributed by atoms with van der Waals surface area (Å²) in [5, 5.41) is 4.26. The first-order valence-corrected chi connectivity index (χ1v) is 9.43. The van der Waals surface area contributed by atoms with Gasteiger partial charge in [0.15, 0.2) is 0 Å². The van der Waals surface area contributed by atoms with Crippen molar-refractivity contribution in [1.82, 2.24) is 14.9 Å². The third kappa shape index (κ3) is 2.81. The van der Waals surface area contributed by atoms with Crippen molar-refractivity contribution < 1.29 is 4.79 Å². The van der Waals surface area contributed by atoms with E-state index in [1.165, 1.54) is 10.9 Å². The number of hydrogen-bond acceptors (Lipinski definition) is 2. The topological polar surface area (TPSA) is 61.0 Å². The van der Waals surface area contributed by atoms with E-state index in [-0.39, 0.29) is 12.1 Å². The number of aromatic amines is 1. The Morgan fingerprint density at radius 3 is 2.68 bits per heavy atom. The van der Waals surface area contributed by atoms with Crippen LogP contribution in [0.3, 0.4) is 0 Å². The monoisotopic (exact) mass is 368 g/mol. The van der Waals surface area contributed by atoms with Crippen molar-refractivity contribution in [3.8, 4) is 0 Å². The fraction of sp³-hybridized carbons (Fsp3) is 0.130. The molecule has 138 valence electrons. The van der Waals surface area contributed by atoms with Gasteiger partial charge in [-0.15, -0.1) is 0 Å². The molecule has 2 aromatic carbocycles. The second-order valence-electron chi connectivity index (χ2n) is 6.99. The van der Waals surface area contributed by atoms with Gasteiger partial charge in [-0.2, -0.15) is 0 Å². The lowest BCUT2D eigenvalue weighted by atomic mass is 9.93. The molecule has 28 heavy (non-hydrogen) atoms. The minimum Gasteiger partial charge on any atom is -0.356 e. The van der Waals surface area contributed by atoms with Crippen LogP contribution in [0.25, 0.3) is 10.9 Å². The number of amides is 2. The van der Waals surface area contributed by atoms with Crippen LogP contribution >= 0.6 is 0 Å². The van der Waals surface area contributed by atoms with Gasteiger partial charge in [0.25, 0.3) is 0 Å². The Balaban J connectivity index is 1.58. The van der Waals surface area contributed by atoms with Crippen LogP contribution < -0.4 is 5.32 Å². The Morgan fingerprint density at radius 2 is 1.86 bits per heavy atom. The minimum atomic E-state index is -0.200. The fourth-order valence-corrected chi connectivity index (χ4v) is 4.06. The van der Waals surface area contributed by atoms with Gasteiger partial charge < -0.3 is 15.2 Å². The number of nitrogens with zero attached hydrogens (tertiary/aromatic N) is 2. The highest BCUT2D eigenvalue weighted by Crippen LogP contribution is 2.38. The Hall–Kier alpha value is -3.60. The molecule has 4 aromatic rings. The molecule has 0 bridgehead atoms. The second-order valence-corrected chi connectivity index (χ2v) is 6.99. The first-order valence-electron chi connectivity index (χ1n) is 9.43. The number of fused-ring (bicyclic) bond motifs is 3. The van der Waals surface area contributed by atoms with Crippen molar-refractivity contribution in [2.24, 2.45) is 0 Å². The Bertz CT molecular complexity index is 1120. The number of carbonyl (C=O) groups excluding carboxylic acids is 1. The van der Waals surface area contributed by atoms with Gasteiger partial charge >= 0.3 is 6.03 Å². The van der Waals surface area contributed by atoms with E-state index in [4.69, 9.17) is 0 Å². The highest BCUT2D eigenvalue weighted by atomic mass is 16.2. The van der Waals surface area contributed by atoms with Crippen LogP contribution in [-0.2, 0) is 6.42 Å². The molecule has 5 heteroatoms. The standard InChI is InChI=1S/C23H20N4O/c28-23(25-17-8-2-1-3-9-17)27-14-12-19-18-10-4-5-11-20(18)26-21(19)22(27)16-7-6-13-24-15-16/h1-11,13,15,22,26H,12,14H2,(H,25,28)/t22-/m0/s1. The third-order valence-corrected chi connectivity index (χ3v) is 5.32. The summed E-state index contributed by atoms with van der Waals surface area (Å²) in [7, 11) is 0. The lowest BCUT2D eigenvalue weighted by Crippen LogP contribution is -2.43. The quantitative estimate of drug-likeness (QED) is 0.537. The molecule has 0 saturated carbocycles. The predicted octanol–water partition coefficient (Wildman–Crippen LogP) is 4.74. The van der Waals surface area contributed by atoms with Gasteiger partial charge in [0.1, 0.15) is 6.04 Å². The van der Waals surface area contributed by atoms with Crippen LogP contribution in [0.1, 0.15) is 22.9 Å². The van der Waals surface area contributed by atoms with Crippen LogP contribution in [-0.4, -0.2) is 27.4 Å². The molecule has 2 amide bonds.